The van der Waals surface area contributed by atoms with E-state index in [1.807, 2.05) is 12.1 Å². The molecule has 1 N–H and O–H groups in total. The third kappa shape index (κ3) is 4.69. The summed E-state index contributed by atoms with van der Waals surface area (Å²) in [5.41, 5.74) is -0.288. The van der Waals surface area contributed by atoms with Crippen LogP contribution in [0.2, 0.25) is 0 Å². The van der Waals surface area contributed by atoms with Crippen LogP contribution in [-0.4, -0.2) is 46.9 Å². The van der Waals surface area contributed by atoms with Crippen LogP contribution in [0.3, 0.4) is 0 Å². The second-order valence-corrected chi connectivity index (χ2v) is 17.0. The van der Waals surface area contributed by atoms with Crippen LogP contribution < -0.4 is 0 Å². The largest absolute Gasteiger partial charge is 0.461 e. The Morgan fingerprint density at radius 1 is 0.956 bits per heavy atom. The molecule has 2 bridgehead atoms. The number of benzene rings is 1. The molecular weight excluding hydrogens is 636 g/mol. The number of halogens is 1. The van der Waals surface area contributed by atoms with Gasteiger partial charge >= 0.3 is 17.9 Å². The lowest BCUT2D eigenvalue weighted by atomic mass is 9.46. The van der Waals surface area contributed by atoms with E-state index >= 15 is 0 Å². The molecule has 0 spiro atoms. The predicted molar refractivity (Wildman–Crippen MR) is 171 cm³/mol. The second kappa shape index (κ2) is 10.7. The van der Waals surface area contributed by atoms with Crippen LogP contribution >= 0.6 is 15.9 Å². The highest BCUT2D eigenvalue weighted by Gasteiger charge is 2.67. The zero-order valence-electron chi connectivity index (χ0n) is 27.1. The Labute approximate surface area is 275 Å². The molecule has 8 heteroatoms. The van der Waals surface area contributed by atoms with Gasteiger partial charge in [0.05, 0.1) is 5.56 Å². The molecule has 1 aromatic rings. The minimum atomic E-state index is -1.44. The lowest BCUT2D eigenvalue weighted by Crippen LogP contribution is -2.57. The molecule has 0 aromatic heterocycles. The van der Waals surface area contributed by atoms with Crippen LogP contribution in [0.1, 0.15) is 103 Å². The number of hydrogen-bond donors (Lipinski definition) is 1. The molecule has 5 fully saturated rings. The van der Waals surface area contributed by atoms with Crippen LogP contribution in [0.25, 0.3) is 0 Å². The highest BCUT2D eigenvalue weighted by Crippen LogP contribution is 2.70. The van der Waals surface area contributed by atoms with Gasteiger partial charge < -0.3 is 19.3 Å². The number of allylic oxidation sites excluding steroid dienone is 1. The average Bonchev–Trinajstić information content (AvgIpc) is 3.48. The van der Waals surface area contributed by atoms with Crippen molar-refractivity contribution in [2.75, 3.05) is 0 Å². The Morgan fingerprint density at radius 2 is 1.64 bits per heavy atom. The van der Waals surface area contributed by atoms with E-state index in [2.05, 4.69) is 42.8 Å². The summed E-state index contributed by atoms with van der Waals surface area (Å²) in [5.74, 6) is 1.00. The summed E-state index contributed by atoms with van der Waals surface area (Å²) >= 11 is 3.42. The lowest BCUT2D eigenvalue weighted by molar-refractivity contribution is -0.194. The standard InChI is InChI=1S/C37H47BrO7/c1-20(39)43-31-17-24(44-32(40)21-6-9-23(38)10-7-21)16-22-8-11-25-27-12-13-28(35(27,3)15-14-29(25)36(22,31)4)26-18-34(2)19-30(26)45-33(41)37(34,5)42/h6-10,24-31,42H,11-19H2,1-5H3. The first-order valence-corrected chi connectivity index (χ1v) is 17.7. The average molecular weight is 684 g/mol. The van der Waals surface area contributed by atoms with Crippen molar-refractivity contribution in [3.8, 4) is 0 Å². The predicted octanol–water partition coefficient (Wildman–Crippen LogP) is 7.19. The summed E-state index contributed by atoms with van der Waals surface area (Å²) in [6.45, 7) is 9.98. The summed E-state index contributed by atoms with van der Waals surface area (Å²) in [7, 11) is 0. The van der Waals surface area contributed by atoms with Crippen molar-refractivity contribution in [1.82, 2.24) is 0 Å². The van der Waals surface area contributed by atoms with Crippen LogP contribution in [-0.2, 0) is 23.8 Å². The number of rotatable bonds is 4. The number of esters is 3. The second-order valence-electron chi connectivity index (χ2n) is 16.1. The molecule has 0 radical (unpaired) electrons. The SMILES string of the molecule is CC(=O)OC1CC(OC(=O)c2ccc(Br)cc2)CC2=CCC3C4CCC(C5CC6(C)CC5OC(=O)C6(C)O)C4(C)CCC3C21C. The van der Waals surface area contributed by atoms with Crippen molar-refractivity contribution < 1.29 is 33.7 Å². The van der Waals surface area contributed by atoms with Crippen LogP contribution in [0, 0.1) is 45.8 Å². The van der Waals surface area contributed by atoms with Crippen molar-refractivity contribution in [1.29, 1.82) is 0 Å². The topological polar surface area (TPSA) is 99.1 Å². The Bertz CT molecular complexity index is 1430. The molecule has 1 aromatic carbocycles. The minimum absolute atomic E-state index is 0.111. The normalized spacial score (nSPS) is 46.6. The van der Waals surface area contributed by atoms with E-state index in [0.29, 0.717) is 42.1 Å². The maximum Gasteiger partial charge on any atom is 0.338 e. The van der Waals surface area contributed by atoms with Crippen LogP contribution in [0.15, 0.2) is 40.4 Å². The van der Waals surface area contributed by atoms with E-state index in [9.17, 15) is 19.5 Å². The molecule has 12 unspecified atom stereocenters. The first-order valence-electron chi connectivity index (χ1n) is 16.9. The Kier molecular flexibility index (Phi) is 7.44. The van der Waals surface area contributed by atoms with E-state index in [-0.39, 0.29) is 47.0 Å². The van der Waals surface area contributed by atoms with Gasteiger partial charge in [0.2, 0.25) is 0 Å². The molecular formula is C37H47BrO7. The molecule has 6 aliphatic rings. The van der Waals surface area contributed by atoms with Gasteiger partial charge in [0.25, 0.3) is 0 Å². The monoisotopic (exact) mass is 682 g/mol. The van der Waals surface area contributed by atoms with Gasteiger partial charge in [-0.1, -0.05) is 48.4 Å². The molecule has 5 aliphatic carbocycles. The van der Waals surface area contributed by atoms with Crippen molar-refractivity contribution >= 4 is 33.8 Å². The highest BCUT2D eigenvalue weighted by molar-refractivity contribution is 9.10. The number of hydrogen-bond acceptors (Lipinski definition) is 7. The van der Waals surface area contributed by atoms with Crippen LogP contribution in [0.5, 0.6) is 0 Å². The van der Waals surface area contributed by atoms with Gasteiger partial charge in [0.1, 0.15) is 18.3 Å². The number of aliphatic hydroxyl groups is 1. The van der Waals surface area contributed by atoms with E-state index in [4.69, 9.17) is 14.2 Å². The van der Waals surface area contributed by atoms with Gasteiger partial charge in [0.15, 0.2) is 5.60 Å². The maximum atomic E-state index is 13.1. The molecule has 12 atom stereocenters. The third-order valence-electron chi connectivity index (χ3n) is 14.0. The first kappa shape index (κ1) is 31.4. The van der Waals surface area contributed by atoms with Gasteiger partial charge in [-0.15, -0.1) is 0 Å². The van der Waals surface area contributed by atoms with Crippen molar-refractivity contribution in [3.63, 3.8) is 0 Å². The molecule has 7 rings (SSSR count). The first-order chi connectivity index (χ1) is 21.2. The molecule has 1 saturated heterocycles. The summed E-state index contributed by atoms with van der Waals surface area (Å²) < 4.78 is 19.0. The lowest BCUT2D eigenvalue weighted by Gasteiger charge is -2.60. The zero-order chi connectivity index (χ0) is 32.1. The molecule has 4 saturated carbocycles. The molecule has 45 heavy (non-hydrogen) atoms. The fourth-order valence-corrected chi connectivity index (χ4v) is 11.7. The molecule has 7 nitrogen and oxygen atoms in total. The molecule has 1 aliphatic heterocycles. The number of carbonyl (C=O) groups excluding carboxylic acids is 3. The van der Waals surface area contributed by atoms with E-state index < -0.39 is 17.0 Å². The van der Waals surface area contributed by atoms with Gasteiger partial charge in [-0.2, -0.15) is 0 Å². The minimum Gasteiger partial charge on any atom is -0.461 e. The summed E-state index contributed by atoms with van der Waals surface area (Å²) in [6.07, 6.45) is 9.69. The van der Waals surface area contributed by atoms with E-state index in [0.717, 1.165) is 49.4 Å². The van der Waals surface area contributed by atoms with Gasteiger partial charge in [-0.05, 0) is 111 Å². The Hall–Kier alpha value is -2.19. The Balaban J connectivity index is 1.13. The zero-order valence-corrected chi connectivity index (χ0v) is 28.7. The fourth-order valence-electron chi connectivity index (χ4n) is 11.4. The maximum absolute atomic E-state index is 13.1. The Morgan fingerprint density at radius 3 is 2.33 bits per heavy atom. The summed E-state index contributed by atoms with van der Waals surface area (Å²) in [5, 5.41) is 11.1. The van der Waals surface area contributed by atoms with E-state index in [1.165, 1.54) is 12.5 Å². The summed E-state index contributed by atoms with van der Waals surface area (Å²) in [4.78, 5) is 38.3. The van der Waals surface area contributed by atoms with Crippen molar-refractivity contribution in [2.45, 2.75) is 116 Å². The fraction of sp³-hybridized carbons (Fsp3) is 0.703. The van der Waals surface area contributed by atoms with Gasteiger partial charge in [-0.3, -0.25) is 4.79 Å². The summed E-state index contributed by atoms with van der Waals surface area (Å²) in [6, 6.07) is 7.18. The van der Waals surface area contributed by atoms with Gasteiger partial charge in [0, 0.05) is 35.1 Å². The van der Waals surface area contributed by atoms with Crippen molar-refractivity contribution in [3.05, 3.63) is 46.0 Å². The number of fused-ring (bicyclic) bond motifs is 7. The number of carbonyl (C=O) groups is 3. The van der Waals surface area contributed by atoms with Crippen molar-refractivity contribution in [2.24, 2.45) is 45.8 Å². The van der Waals surface area contributed by atoms with E-state index in [1.54, 1.807) is 19.1 Å². The number of ether oxygens (including phenoxy) is 3. The quantitative estimate of drug-likeness (QED) is 0.204. The third-order valence-corrected chi connectivity index (χ3v) is 14.6. The van der Waals surface area contributed by atoms with Gasteiger partial charge in [-0.25, -0.2) is 9.59 Å². The van der Waals surface area contributed by atoms with Crippen LogP contribution in [0.4, 0.5) is 0 Å². The molecule has 1 heterocycles. The smallest absolute Gasteiger partial charge is 0.338 e. The molecule has 244 valence electrons. The molecule has 0 amide bonds. The highest BCUT2D eigenvalue weighted by atomic mass is 79.9.